The summed E-state index contributed by atoms with van der Waals surface area (Å²) in [6, 6.07) is 0.625. The van der Waals surface area contributed by atoms with E-state index in [-0.39, 0.29) is 6.10 Å². The fraction of sp³-hybridized carbons (Fsp3) is 1.00. The van der Waals surface area contributed by atoms with Crippen LogP contribution in [-0.4, -0.2) is 62.6 Å². The zero-order chi connectivity index (χ0) is 11.8. The molecular weight excluding hydrogens is 204 g/mol. The third-order valence-electron chi connectivity index (χ3n) is 3.22. The quantitative estimate of drug-likeness (QED) is 0.696. The maximum atomic E-state index is 9.50. The number of nitrogens with zero attached hydrogens (tertiary/aromatic N) is 1. The van der Waals surface area contributed by atoms with Crippen molar-refractivity contribution in [2.45, 2.75) is 37.8 Å². The summed E-state index contributed by atoms with van der Waals surface area (Å²) >= 11 is 0. The number of methoxy groups -OCH3 is 1. The molecule has 0 saturated carbocycles. The van der Waals surface area contributed by atoms with E-state index in [2.05, 4.69) is 17.3 Å². The van der Waals surface area contributed by atoms with E-state index in [0.29, 0.717) is 12.6 Å². The molecule has 4 heteroatoms. The highest BCUT2D eigenvalue weighted by Crippen LogP contribution is 2.09. The van der Waals surface area contributed by atoms with Crippen LogP contribution in [0.15, 0.2) is 0 Å². The lowest BCUT2D eigenvalue weighted by Crippen LogP contribution is -2.33. The van der Waals surface area contributed by atoms with Crippen LogP contribution in [0.1, 0.15) is 25.7 Å². The van der Waals surface area contributed by atoms with Gasteiger partial charge < -0.3 is 20.1 Å². The molecule has 0 aliphatic carbocycles. The van der Waals surface area contributed by atoms with Crippen LogP contribution < -0.4 is 5.32 Å². The van der Waals surface area contributed by atoms with Gasteiger partial charge in [0.05, 0.1) is 12.7 Å². The lowest BCUT2D eigenvalue weighted by atomic mass is 10.1. The molecule has 1 aliphatic heterocycles. The average molecular weight is 230 g/mol. The van der Waals surface area contributed by atoms with Crippen LogP contribution in [0.4, 0.5) is 0 Å². The molecule has 4 nitrogen and oxygen atoms in total. The van der Waals surface area contributed by atoms with E-state index >= 15 is 0 Å². The predicted octanol–water partition coefficient (Wildman–Crippen LogP) is 0.458. The van der Waals surface area contributed by atoms with Crippen molar-refractivity contribution >= 4 is 0 Å². The molecule has 0 aromatic rings. The number of aliphatic hydroxyl groups excluding tert-OH is 1. The van der Waals surface area contributed by atoms with E-state index < -0.39 is 0 Å². The van der Waals surface area contributed by atoms with Crippen LogP contribution in [-0.2, 0) is 4.74 Å². The zero-order valence-electron chi connectivity index (χ0n) is 10.6. The van der Waals surface area contributed by atoms with Crippen LogP contribution in [0, 0.1) is 0 Å². The molecule has 1 rings (SSSR count). The Morgan fingerprint density at radius 3 is 3.00 bits per heavy atom. The Balaban J connectivity index is 2.07. The summed E-state index contributed by atoms with van der Waals surface area (Å²) in [4.78, 5) is 2.39. The second-order valence-electron chi connectivity index (χ2n) is 4.78. The molecule has 2 N–H and O–H groups in total. The van der Waals surface area contributed by atoms with Gasteiger partial charge in [0.1, 0.15) is 0 Å². The molecule has 0 amide bonds. The maximum absolute atomic E-state index is 9.50. The normalized spacial score (nSPS) is 25.3. The van der Waals surface area contributed by atoms with E-state index in [4.69, 9.17) is 4.74 Å². The first-order chi connectivity index (χ1) is 7.72. The minimum absolute atomic E-state index is 0.328. The fourth-order valence-electron chi connectivity index (χ4n) is 2.17. The zero-order valence-corrected chi connectivity index (χ0v) is 10.6. The summed E-state index contributed by atoms with van der Waals surface area (Å²) in [6.07, 6.45) is 4.20. The van der Waals surface area contributed by atoms with Gasteiger partial charge in [-0.2, -0.15) is 0 Å². The van der Waals surface area contributed by atoms with E-state index in [1.165, 1.54) is 32.4 Å². The first kappa shape index (κ1) is 13.9. The molecule has 0 aromatic carbocycles. The summed E-state index contributed by atoms with van der Waals surface area (Å²) in [7, 11) is 3.81. The van der Waals surface area contributed by atoms with Gasteiger partial charge in [-0.05, 0) is 52.4 Å². The van der Waals surface area contributed by atoms with E-state index in [0.717, 1.165) is 13.0 Å². The van der Waals surface area contributed by atoms with E-state index in [1.807, 2.05) is 0 Å². The monoisotopic (exact) mass is 230 g/mol. The van der Waals surface area contributed by atoms with Crippen molar-refractivity contribution in [2.75, 3.05) is 40.4 Å². The largest absolute Gasteiger partial charge is 0.391 e. The number of nitrogens with one attached hydrogen (secondary N) is 1. The standard InChI is InChI=1S/C12H26N2O2/c1-14-8-3-4-11(6-9-14)13-7-5-12(15)10-16-2/h11-13,15H,3-10H2,1-2H3. The first-order valence-corrected chi connectivity index (χ1v) is 6.31. The average Bonchev–Trinajstić information content (AvgIpc) is 2.44. The Morgan fingerprint density at radius 1 is 1.44 bits per heavy atom. The van der Waals surface area contributed by atoms with E-state index in [1.54, 1.807) is 7.11 Å². The lowest BCUT2D eigenvalue weighted by molar-refractivity contribution is 0.0589. The Labute approximate surface area is 99.0 Å². The highest BCUT2D eigenvalue weighted by Gasteiger charge is 2.14. The predicted molar refractivity (Wildman–Crippen MR) is 65.6 cm³/mol. The van der Waals surface area contributed by atoms with Crippen LogP contribution in [0.2, 0.25) is 0 Å². The van der Waals surface area contributed by atoms with Crippen LogP contribution >= 0.6 is 0 Å². The number of ether oxygens (including phenoxy) is 1. The molecule has 1 saturated heterocycles. The van der Waals surface area contributed by atoms with Gasteiger partial charge in [-0.3, -0.25) is 0 Å². The van der Waals surface area contributed by atoms with Gasteiger partial charge in [0.15, 0.2) is 0 Å². The van der Waals surface area contributed by atoms with Gasteiger partial charge >= 0.3 is 0 Å². The van der Waals surface area contributed by atoms with Gasteiger partial charge in [-0.15, -0.1) is 0 Å². The molecule has 2 unspecified atom stereocenters. The van der Waals surface area contributed by atoms with Crippen molar-refractivity contribution < 1.29 is 9.84 Å². The summed E-state index contributed by atoms with van der Waals surface area (Å²) in [5.74, 6) is 0. The van der Waals surface area contributed by atoms with Gasteiger partial charge in [0.25, 0.3) is 0 Å². The number of hydrogen-bond donors (Lipinski definition) is 2. The van der Waals surface area contributed by atoms with E-state index in [9.17, 15) is 5.11 Å². The summed E-state index contributed by atoms with van der Waals surface area (Å²) in [6.45, 7) is 3.72. The molecule has 2 atom stereocenters. The fourth-order valence-corrected chi connectivity index (χ4v) is 2.17. The van der Waals surface area contributed by atoms with Gasteiger partial charge in [0.2, 0.25) is 0 Å². The molecule has 96 valence electrons. The summed E-state index contributed by atoms with van der Waals surface area (Å²) < 4.78 is 4.90. The second kappa shape index (κ2) is 8.01. The molecule has 0 spiro atoms. The molecule has 1 aliphatic rings. The van der Waals surface area contributed by atoms with Crippen molar-refractivity contribution in [3.8, 4) is 0 Å². The van der Waals surface area contributed by atoms with Crippen molar-refractivity contribution in [3.05, 3.63) is 0 Å². The molecule has 0 aromatic heterocycles. The lowest BCUT2D eigenvalue weighted by Gasteiger charge is -2.18. The van der Waals surface area contributed by atoms with Gasteiger partial charge in [0, 0.05) is 13.2 Å². The minimum Gasteiger partial charge on any atom is -0.391 e. The molecule has 0 radical (unpaired) electrons. The SMILES string of the molecule is COCC(O)CCNC1CCCN(C)CC1. The maximum Gasteiger partial charge on any atom is 0.0785 e. The third-order valence-corrected chi connectivity index (χ3v) is 3.22. The Kier molecular flexibility index (Phi) is 6.96. The number of hydrogen-bond acceptors (Lipinski definition) is 4. The Hall–Kier alpha value is -0.160. The highest BCUT2D eigenvalue weighted by atomic mass is 16.5. The number of rotatable bonds is 6. The minimum atomic E-state index is -0.328. The molecule has 1 fully saturated rings. The second-order valence-corrected chi connectivity index (χ2v) is 4.78. The molecular formula is C12H26N2O2. The van der Waals surface area contributed by atoms with Crippen LogP contribution in [0.5, 0.6) is 0 Å². The third kappa shape index (κ3) is 5.80. The van der Waals surface area contributed by atoms with Crippen molar-refractivity contribution in [3.63, 3.8) is 0 Å². The highest BCUT2D eigenvalue weighted by molar-refractivity contribution is 4.73. The summed E-state index contributed by atoms with van der Waals surface area (Å²) in [5, 5.41) is 13.0. The first-order valence-electron chi connectivity index (χ1n) is 6.31. The number of likely N-dealkylation sites (tertiary alicyclic amines) is 1. The molecule has 1 heterocycles. The van der Waals surface area contributed by atoms with Crippen LogP contribution in [0.25, 0.3) is 0 Å². The van der Waals surface area contributed by atoms with Crippen molar-refractivity contribution in [2.24, 2.45) is 0 Å². The molecule has 0 bridgehead atoms. The van der Waals surface area contributed by atoms with Crippen molar-refractivity contribution in [1.29, 1.82) is 0 Å². The van der Waals surface area contributed by atoms with Crippen LogP contribution in [0.3, 0.4) is 0 Å². The summed E-state index contributed by atoms with van der Waals surface area (Å²) in [5.41, 5.74) is 0. The van der Waals surface area contributed by atoms with Gasteiger partial charge in [-0.25, -0.2) is 0 Å². The molecule has 16 heavy (non-hydrogen) atoms. The Morgan fingerprint density at radius 2 is 2.25 bits per heavy atom. The van der Waals surface area contributed by atoms with Crippen molar-refractivity contribution in [1.82, 2.24) is 10.2 Å². The van der Waals surface area contributed by atoms with Gasteiger partial charge in [-0.1, -0.05) is 0 Å². The Bertz CT molecular complexity index is 178. The smallest absolute Gasteiger partial charge is 0.0785 e. The topological polar surface area (TPSA) is 44.7 Å². The number of aliphatic hydroxyl groups is 1.